The van der Waals surface area contributed by atoms with Crippen LogP contribution in [0.3, 0.4) is 0 Å². The van der Waals surface area contributed by atoms with Gasteiger partial charge in [0.15, 0.2) is 0 Å². The molecule has 1 aromatic carbocycles. The summed E-state index contributed by atoms with van der Waals surface area (Å²) in [7, 11) is 0. The average Bonchev–Trinajstić information content (AvgIpc) is 2.98. The SMILES string of the molecule is O=[N+]([O-])c1ccc(-c2csc(-c3cnccn3)n2)cc1. The molecule has 0 unspecified atom stereocenters. The van der Waals surface area contributed by atoms with Crippen LogP contribution >= 0.6 is 11.3 Å². The fourth-order valence-corrected chi connectivity index (χ4v) is 2.48. The molecule has 0 spiro atoms. The summed E-state index contributed by atoms with van der Waals surface area (Å²) in [6.07, 6.45) is 4.87. The highest BCUT2D eigenvalue weighted by Crippen LogP contribution is 2.28. The molecular weight excluding hydrogens is 276 g/mol. The predicted octanol–water partition coefficient (Wildman–Crippen LogP) is 3.18. The molecule has 2 heterocycles. The number of nitrogens with zero attached hydrogens (tertiary/aromatic N) is 4. The Morgan fingerprint density at radius 2 is 1.90 bits per heavy atom. The van der Waals surface area contributed by atoms with E-state index in [1.807, 2.05) is 5.38 Å². The van der Waals surface area contributed by atoms with Gasteiger partial charge in [-0.25, -0.2) is 4.98 Å². The molecule has 0 fully saturated rings. The van der Waals surface area contributed by atoms with Crippen molar-refractivity contribution in [1.82, 2.24) is 15.0 Å². The molecule has 0 bridgehead atoms. The lowest BCUT2D eigenvalue weighted by Gasteiger charge is -1.96. The Labute approximate surface area is 117 Å². The van der Waals surface area contributed by atoms with Crippen LogP contribution in [-0.2, 0) is 0 Å². The van der Waals surface area contributed by atoms with Crippen molar-refractivity contribution in [2.24, 2.45) is 0 Å². The highest BCUT2D eigenvalue weighted by molar-refractivity contribution is 7.13. The minimum absolute atomic E-state index is 0.0677. The fourth-order valence-electron chi connectivity index (χ4n) is 1.69. The zero-order chi connectivity index (χ0) is 13.9. The number of hydrogen-bond donors (Lipinski definition) is 0. The van der Waals surface area contributed by atoms with Gasteiger partial charge in [-0.1, -0.05) is 0 Å². The van der Waals surface area contributed by atoms with Gasteiger partial charge in [-0.05, 0) is 12.1 Å². The maximum Gasteiger partial charge on any atom is 0.269 e. The van der Waals surface area contributed by atoms with E-state index < -0.39 is 4.92 Å². The van der Waals surface area contributed by atoms with E-state index in [4.69, 9.17) is 0 Å². The fraction of sp³-hybridized carbons (Fsp3) is 0. The van der Waals surface area contributed by atoms with Gasteiger partial charge in [0, 0.05) is 35.5 Å². The molecule has 20 heavy (non-hydrogen) atoms. The molecule has 0 aliphatic heterocycles. The number of nitro benzene ring substituents is 1. The van der Waals surface area contributed by atoms with Crippen molar-refractivity contribution in [2.75, 3.05) is 0 Å². The van der Waals surface area contributed by atoms with E-state index in [1.165, 1.54) is 23.5 Å². The molecule has 3 aromatic rings. The first-order valence-corrected chi connectivity index (χ1v) is 6.59. The second-order valence-corrected chi connectivity index (χ2v) is 4.79. The molecule has 0 atom stereocenters. The van der Waals surface area contributed by atoms with Crippen molar-refractivity contribution in [3.8, 4) is 22.0 Å². The Balaban J connectivity index is 1.92. The Kier molecular flexibility index (Phi) is 3.18. The van der Waals surface area contributed by atoms with Crippen LogP contribution < -0.4 is 0 Å². The van der Waals surface area contributed by atoms with Crippen LogP contribution in [-0.4, -0.2) is 19.9 Å². The van der Waals surface area contributed by atoms with Crippen molar-refractivity contribution in [1.29, 1.82) is 0 Å². The smallest absolute Gasteiger partial charge is 0.261 e. The predicted molar refractivity (Wildman–Crippen MR) is 75.2 cm³/mol. The van der Waals surface area contributed by atoms with Crippen molar-refractivity contribution < 1.29 is 4.92 Å². The quantitative estimate of drug-likeness (QED) is 0.545. The molecule has 6 nitrogen and oxygen atoms in total. The summed E-state index contributed by atoms with van der Waals surface area (Å²) in [6, 6.07) is 6.31. The number of hydrogen-bond acceptors (Lipinski definition) is 6. The second-order valence-electron chi connectivity index (χ2n) is 3.93. The zero-order valence-corrected chi connectivity index (χ0v) is 10.9. The van der Waals surface area contributed by atoms with Crippen LogP contribution in [0.5, 0.6) is 0 Å². The largest absolute Gasteiger partial charge is 0.269 e. The number of nitro groups is 1. The van der Waals surface area contributed by atoms with Gasteiger partial charge in [-0.3, -0.25) is 20.1 Å². The monoisotopic (exact) mass is 284 g/mol. The minimum atomic E-state index is -0.421. The molecule has 2 aromatic heterocycles. The molecule has 0 saturated heterocycles. The Hall–Kier alpha value is -2.67. The molecular formula is C13H8N4O2S. The highest BCUT2D eigenvalue weighted by atomic mass is 32.1. The van der Waals surface area contributed by atoms with E-state index in [0.717, 1.165) is 16.3 Å². The third-order valence-electron chi connectivity index (χ3n) is 2.66. The van der Waals surface area contributed by atoms with Gasteiger partial charge < -0.3 is 0 Å². The van der Waals surface area contributed by atoms with E-state index in [2.05, 4.69) is 15.0 Å². The third kappa shape index (κ3) is 2.39. The van der Waals surface area contributed by atoms with Crippen molar-refractivity contribution in [3.63, 3.8) is 0 Å². The number of aromatic nitrogens is 3. The number of thiazole rings is 1. The summed E-state index contributed by atoms with van der Waals surface area (Å²) >= 11 is 1.46. The zero-order valence-electron chi connectivity index (χ0n) is 10.1. The molecule has 0 N–H and O–H groups in total. The van der Waals surface area contributed by atoms with Gasteiger partial charge in [0.05, 0.1) is 16.8 Å². The van der Waals surface area contributed by atoms with Crippen LogP contribution in [0.1, 0.15) is 0 Å². The second kappa shape index (κ2) is 5.14. The van der Waals surface area contributed by atoms with E-state index in [-0.39, 0.29) is 5.69 Å². The van der Waals surface area contributed by atoms with Crippen LogP contribution in [0.4, 0.5) is 5.69 Å². The van der Waals surface area contributed by atoms with Crippen LogP contribution in [0.15, 0.2) is 48.2 Å². The van der Waals surface area contributed by atoms with E-state index in [0.29, 0.717) is 5.69 Å². The standard InChI is InChI=1S/C13H8N4O2S/c18-17(19)10-3-1-9(2-4-10)12-8-20-13(16-12)11-7-14-5-6-15-11/h1-8H. The Morgan fingerprint density at radius 3 is 2.55 bits per heavy atom. The first-order chi connectivity index (χ1) is 9.74. The molecule has 98 valence electrons. The number of rotatable bonds is 3. The number of non-ortho nitro benzene ring substituents is 1. The topological polar surface area (TPSA) is 81.8 Å². The minimum Gasteiger partial charge on any atom is -0.261 e. The average molecular weight is 284 g/mol. The lowest BCUT2D eigenvalue weighted by molar-refractivity contribution is -0.384. The Bertz CT molecular complexity index is 741. The van der Waals surface area contributed by atoms with Gasteiger partial charge in [0.1, 0.15) is 10.7 Å². The normalized spacial score (nSPS) is 10.4. The van der Waals surface area contributed by atoms with E-state index in [9.17, 15) is 10.1 Å². The van der Waals surface area contributed by atoms with Gasteiger partial charge in [-0.15, -0.1) is 11.3 Å². The first-order valence-electron chi connectivity index (χ1n) is 5.71. The van der Waals surface area contributed by atoms with Crippen LogP contribution in [0, 0.1) is 10.1 Å². The summed E-state index contributed by atoms with van der Waals surface area (Å²) in [6.45, 7) is 0. The summed E-state index contributed by atoms with van der Waals surface area (Å²) in [5, 5.41) is 13.3. The van der Waals surface area contributed by atoms with E-state index in [1.54, 1.807) is 30.7 Å². The number of benzene rings is 1. The van der Waals surface area contributed by atoms with Gasteiger partial charge in [0.2, 0.25) is 0 Å². The first kappa shape index (κ1) is 12.4. The lowest BCUT2D eigenvalue weighted by atomic mass is 10.1. The molecule has 0 saturated carbocycles. The van der Waals surface area contributed by atoms with Gasteiger partial charge in [0.25, 0.3) is 5.69 Å². The third-order valence-corrected chi connectivity index (χ3v) is 3.53. The maximum absolute atomic E-state index is 10.6. The van der Waals surface area contributed by atoms with Gasteiger partial charge >= 0.3 is 0 Å². The van der Waals surface area contributed by atoms with Crippen LogP contribution in [0.2, 0.25) is 0 Å². The summed E-state index contributed by atoms with van der Waals surface area (Å²) in [4.78, 5) is 22.9. The van der Waals surface area contributed by atoms with Crippen molar-refractivity contribution in [2.45, 2.75) is 0 Å². The molecule has 0 aliphatic carbocycles. The van der Waals surface area contributed by atoms with Crippen LogP contribution in [0.25, 0.3) is 22.0 Å². The Morgan fingerprint density at radius 1 is 1.10 bits per heavy atom. The van der Waals surface area contributed by atoms with E-state index >= 15 is 0 Å². The summed E-state index contributed by atoms with van der Waals surface area (Å²) < 4.78 is 0. The highest BCUT2D eigenvalue weighted by Gasteiger charge is 2.09. The molecule has 3 rings (SSSR count). The molecule has 0 aliphatic rings. The van der Waals surface area contributed by atoms with Crippen molar-refractivity contribution in [3.05, 3.63) is 58.4 Å². The molecule has 0 amide bonds. The van der Waals surface area contributed by atoms with Crippen molar-refractivity contribution >= 4 is 17.0 Å². The van der Waals surface area contributed by atoms with Gasteiger partial charge in [-0.2, -0.15) is 0 Å². The lowest BCUT2D eigenvalue weighted by Crippen LogP contribution is -1.87. The molecule has 7 heteroatoms. The summed E-state index contributed by atoms with van der Waals surface area (Å²) in [5.74, 6) is 0. The maximum atomic E-state index is 10.6. The summed E-state index contributed by atoms with van der Waals surface area (Å²) in [5.41, 5.74) is 2.39. The molecule has 0 radical (unpaired) electrons.